The lowest BCUT2D eigenvalue weighted by molar-refractivity contribution is 0.0915. The normalized spacial score (nSPS) is 13.5. The van der Waals surface area contributed by atoms with Crippen molar-refractivity contribution in [2.24, 2.45) is 5.92 Å². The van der Waals surface area contributed by atoms with Crippen molar-refractivity contribution >= 4 is 25.6 Å². The van der Waals surface area contributed by atoms with E-state index in [1.165, 1.54) is 12.3 Å². The first kappa shape index (κ1) is 17.0. The number of rotatable bonds is 6. The van der Waals surface area contributed by atoms with Crippen LogP contribution in [0.15, 0.2) is 17.2 Å². The molecule has 0 fully saturated rings. The first-order chi connectivity index (χ1) is 9.20. The quantitative estimate of drug-likeness (QED) is 0.819. The van der Waals surface area contributed by atoms with Crippen molar-refractivity contribution in [2.75, 3.05) is 0 Å². The molecule has 1 N–H and O–H groups in total. The minimum atomic E-state index is -3.83. The van der Waals surface area contributed by atoms with E-state index < -0.39 is 9.05 Å². The van der Waals surface area contributed by atoms with Gasteiger partial charge in [-0.3, -0.25) is 4.79 Å². The zero-order chi connectivity index (χ0) is 15.5. The molecule has 1 amide bonds. The second-order valence-electron chi connectivity index (χ2n) is 5.02. The van der Waals surface area contributed by atoms with Crippen LogP contribution in [0.25, 0.3) is 0 Å². The van der Waals surface area contributed by atoms with Crippen LogP contribution in [0.1, 0.15) is 44.6 Å². The van der Waals surface area contributed by atoms with Gasteiger partial charge in [-0.15, -0.1) is 0 Å². The third-order valence-corrected chi connectivity index (χ3v) is 4.61. The number of amides is 1. The molecule has 0 bridgehead atoms. The average molecular weight is 321 g/mol. The molecular weight excluding hydrogens is 300 g/mol. The van der Waals surface area contributed by atoms with E-state index in [4.69, 9.17) is 10.7 Å². The number of aromatic nitrogens is 1. The predicted molar refractivity (Wildman–Crippen MR) is 79.5 cm³/mol. The van der Waals surface area contributed by atoms with Crippen LogP contribution in [-0.2, 0) is 15.6 Å². The van der Waals surface area contributed by atoms with Gasteiger partial charge in [0.15, 0.2) is 0 Å². The number of carbonyl (C=O) groups is 1. The smallest absolute Gasteiger partial charge is 0.268 e. The van der Waals surface area contributed by atoms with Crippen molar-refractivity contribution in [3.8, 4) is 0 Å². The van der Waals surface area contributed by atoms with Gasteiger partial charge in [0, 0.05) is 29.5 Å². The fourth-order valence-corrected chi connectivity index (χ4v) is 2.81. The van der Waals surface area contributed by atoms with E-state index in [9.17, 15) is 13.2 Å². The van der Waals surface area contributed by atoms with Crippen LogP contribution in [0.5, 0.6) is 0 Å². The van der Waals surface area contributed by atoms with Gasteiger partial charge in [0.05, 0.1) is 0 Å². The Morgan fingerprint density at radius 1 is 1.40 bits per heavy atom. The molecule has 0 spiro atoms. The summed E-state index contributed by atoms with van der Waals surface area (Å²) in [5.74, 6) is 0.0317. The highest BCUT2D eigenvalue weighted by atomic mass is 35.7. The van der Waals surface area contributed by atoms with Crippen LogP contribution < -0.4 is 5.32 Å². The van der Waals surface area contributed by atoms with Gasteiger partial charge in [-0.1, -0.05) is 20.8 Å². The summed E-state index contributed by atoms with van der Waals surface area (Å²) >= 11 is 0. The Morgan fingerprint density at radius 3 is 2.40 bits per heavy atom. The van der Waals surface area contributed by atoms with E-state index in [1.807, 2.05) is 27.7 Å². The predicted octanol–water partition coefficient (Wildman–Crippen LogP) is 2.60. The molecular formula is C13H21ClN2O3S. The zero-order valence-electron chi connectivity index (χ0n) is 12.2. The van der Waals surface area contributed by atoms with Gasteiger partial charge in [0.2, 0.25) is 0 Å². The van der Waals surface area contributed by atoms with E-state index in [-0.39, 0.29) is 16.8 Å². The Bertz CT molecular complexity index is 578. The molecule has 0 aromatic carbocycles. The molecule has 0 aliphatic carbocycles. The van der Waals surface area contributed by atoms with Crippen molar-refractivity contribution in [3.05, 3.63) is 18.0 Å². The van der Waals surface area contributed by atoms with E-state index in [2.05, 4.69) is 5.32 Å². The van der Waals surface area contributed by atoms with Gasteiger partial charge < -0.3 is 9.88 Å². The molecule has 0 saturated carbocycles. The molecule has 1 unspecified atom stereocenters. The number of carbonyl (C=O) groups excluding carboxylic acids is 1. The maximum absolute atomic E-state index is 12.3. The highest BCUT2D eigenvalue weighted by Crippen LogP contribution is 2.19. The van der Waals surface area contributed by atoms with Crippen LogP contribution in [0.2, 0.25) is 0 Å². The van der Waals surface area contributed by atoms with E-state index in [0.717, 1.165) is 6.42 Å². The summed E-state index contributed by atoms with van der Waals surface area (Å²) in [7, 11) is 1.49. The third-order valence-electron chi connectivity index (χ3n) is 3.29. The fraction of sp³-hybridized carbons (Fsp3) is 0.615. The molecule has 1 aromatic heterocycles. The standard InChI is InChI=1S/C13H21ClN2O3S/c1-5-11(9(3)4)15-13(17)12-7-10(20(14,18)19)8-16(12)6-2/h7-9,11H,5-6H2,1-4H3,(H,15,17). The fourth-order valence-electron chi connectivity index (χ4n) is 2.05. The lowest BCUT2D eigenvalue weighted by Gasteiger charge is -2.21. The molecule has 0 aliphatic rings. The van der Waals surface area contributed by atoms with Gasteiger partial charge in [0.25, 0.3) is 15.0 Å². The summed E-state index contributed by atoms with van der Waals surface area (Å²) in [4.78, 5) is 12.2. The van der Waals surface area contributed by atoms with Crippen LogP contribution in [0, 0.1) is 5.92 Å². The molecule has 1 aromatic rings. The minimum absolute atomic E-state index is 0.0521. The van der Waals surface area contributed by atoms with Gasteiger partial charge in [0.1, 0.15) is 10.6 Å². The van der Waals surface area contributed by atoms with Crippen molar-refractivity contribution < 1.29 is 13.2 Å². The minimum Gasteiger partial charge on any atom is -0.348 e. The van der Waals surface area contributed by atoms with Crippen LogP contribution in [-0.4, -0.2) is 24.9 Å². The Hall–Kier alpha value is -1.01. The zero-order valence-corrected chi connectivity index (χ0v) is 13.8. The molecule has 5 nitrogen and oxygen atoms in total. The Morgan fingerprint density at radius 2 is 2.00 bits per heavy atom. The second kappa shape index (κ2) is 6.63. The summed E-state index contributed by atoms with van der Waals surface area (Å²) in [6, 6.07) is 1.37. The molecule has 7 heteroatoms. The lowest BCUT2D eigenvalue weighted by Crippen LogP contribution is -2.38. The van der Waals surface area contributed by atoms with Gasteiger partial charge in [-0.05, 0) is 25.3 Å². The lowest BCUT2D eigenvalue weighted by atomic mass is 10.0. The largest absolute Gasteiger partial charge is 0.348 e. The maximum Gasteiger partial charge on any atom is 0.268 e. The first-order valence-electron chi connectivity index (χ1n) is 6.66. The number of nitrogens with zero attached hydrogens (tertiary/aromatic N) is 1. The molecule has 1 atom stereocenters. The summed E-state index contributed by atoms with van der Waals surface area (Å²) in [6.07, 6.45) is 2.20. The van der Waals surface area contributed by atoms with Gasteiger partial charge in [-0.2, -0.15) is 0 Å². The van der Waals surface area contributed by atoms with E-state index in [1.54, 1.807) is 4.57 Å². The van der Waals surface area contributed by atoms with E-state index >= 15 is 0 Å². The van der Waals surface area contributed by atoms with Gasteiger partial charge in [-0.25, -0.2) is 8.42 Å². The van der Waals surface area contributed by atoms with Crippen LogP contribution in [0.3, 0.4) is 0 Å². The molecule has 0 radical (unpaired) electrons. The third kappa shape index (κ3) is 3.99. The monoisotopic (exact) mass is 320 g/mol. The van der Waals surface area contributed by atoms with Gasteiger partial charge >= 0.3 is 0 Å². The first-order valence-corrected chi connectivity index (χ1v) is 8.97. The summed E-state index contributed by atoms with van der Waals surface area (Å²) in [6.45, 7) is 8.39. The molecule has 114 valence electrons. The molecule has 1 heterocycles. The summed E-state index contributed by atoms with van der Waals surface area (Å²) in [5, 5.41) is 2.92. The van der Waals surface area contributed by atoms with Crippen LogP contribution in [0.4, 0.5) is 0 Å². The van der Waals surface area contributed by atoms with Crippen molar-refractivity contribution in [1.82, 2.24) is 9.88 Å². The molecule has 20 heavy (non-hydrogen) atoms. The molecule has 0 aliphatic heterocycles. The Balaban J connectivity index is 3.07. The SMILES string of the molecule is CCC(NC(=O)c1cc(S(=O)(=O)Cl)cn1CC)C(C)C. The second-order valence-corrected chi connectivity index (χ2v) is 7.58. The topological polar surface area (TPSA) is 68.2 Å². The van der Waals surface area contributed by atoms with Crippen molar-refractivity contribution in [3.63, 3.8) is 0 Å². The summed E-state index contributed by atoms with van der Waals surface area (Å²) < 4.78 is 24.3. The molecule has 1 rings (SSSR count). The number of halogens is 1. The average Bonchev–Trinajstić information content (AvgIpc) is 2.79. The van der Waals surface area contributed by atoms with E-state index in [0.29, 0.717) is 18.2 Å². The highest BCUT2D eigenvalue weighted by Gasteiger charge is 2.21. The van der Waals surface area contributed by atoms with Crippen LogP contribution >= 0.6 is 10.7 Å². The number of hydrogen-bond acceptors (Lipinski definition) is 3. The van der Waals surface area contributed by atoms with Crippen molar-refractivity contribution in [1.29, 1.82) is 0 Å². The number of hydrogen-bond donors (Lipinski definition) is 1. The Kier molecular flexibility index (Phi) is 5.65. The van der Waals surface area contributed by atoms with Crippen molar-refractivity contribution in [2.45, 2.75) is 51.6 Å². The number of nitrogens with one attached hydrogen (secondary N) is 1. The number of aryl methyl sites for hydroxylation is 1. The molecule has 0 saturated heterocycles. The Labute approximate surface area is 124 Å². The highest BCUT2D eigenvalue weighted by molar-refractivity contribution is 8.13. The summed E-state index contributed by atoms with van der Waals surface area (Å²) in [5.41, 5.74) is 0.311. The maximum atomic E-state index is 12.3.